The van der Waals surface area contributed by atoms with E-state index in [1.807, 2.05) is 25.1 Å². The maximum atomic E-state index is 6.13. The van der Waals surface area contributed by atoms with E-state index >= 15 is 0 Å². The lowest BCUT2D eigenvalue weighted by Gasteiger charge is -2.33. The van der Waals surface area contributed by atoms with Gasteiger partial charge < -0.3 is 14.4 Å². The van der Waals surface area contributed by atoms with Crippen molar-refractivity contribution in [1.29, 1.82) is 0 Å². The maximum Gasteiger partial charge on any atom is 0.164 e. The van der Waals surface area contributed by atoms with E-state index < -0.39 is 0 Å². The molecule has 1 aliphatic heterocycles. The molecule has 0 amide bonds. The Balaban J connectivity index is 1.23. The van der Waals surface area contributed by atoms with E-state index in [1.54, 1.807) is 18.4 Å². The highest BCUT2D eigenvalue weighted by Gasteiger charge is 2.22. The Labute approximate surface area is 205 Å². The first-order valence-electron chi connectivity index (χ1n) is 11.9. The summed E-state index contributed by atoms with van der Waals surface area (Å²) in [6, 6.07) is 19.2. The summed E-state index contributed by atoms with van der Waals surface area (Å²) in [5.74, 6) is 2.23. The van der Waals surface area contributed by atoms with Crippen molar-refractivity contribution >= 4 is 27.1 Å². The van der Waals surface area contributed by atoms with Gasteiger partial charge in [-0.05, 0) is 66.3 Å². The first kappa shape index (κ1) is 22.8. The Morgan fingerprint density at radius 1 is 1.00 bits per heavy atom. The van der Waals surface area contributed by atoms with Crippen molar-refractivity contribution in [2.45, 2.75) is 39.4 Å². The molecule has 0 saturated carbocycles. The lowest BCUT2D eigenvalue weighted by Crippen LogP contribution is -2.34. The molecule has 0 atom stereocenters. The Morgan fingerprint density at radius 3 is 2.62 bits per heavy atom. The smallest absolute Gasteiger partial charge is 0.164 e. The van der Waals surface area contributed by atoms with Crippen LogP contribution in [0.2, 0.25) is 0 Å². The monoisotopic (exact) mass is 473 g/mol. The fourth-order valence-corrected chi connectivity index (χ4v) is 5.50. The van der Waals surface area contributed by atoms with Crippen LogP contribution in [0.5, 0.6) is 5.75 Å². The van der Waals surface area contributed by atoms with E-state index in [4.69, 9.17) is 19.4 Å². The molecule has 6 heteroatoms. The van der Waals surface area contributed by atoms with Gasteiger partial charge in [0, 0.05) is 37.0 Å². The molecule has 0 aliphatic carbocycles. The van der Waals surface area contributed by atoms with E-state index in [0.29, 0.717) is 19.1 Å². The van der Waals surface area contributed by atoms with E-state index in [-0.39, 0.29) is 0 Å². The maximum absolute atomic E-state index is 6.13. The number of aromatic nitrogens is 2. The number of rotatable bonds is 8. The second kappa shape index (κ2) is 10.5. The minimum atomic E-state index is 0.421. The molecule has 176 valence electrons. The molecule has 5 rings (SSSR count). The van der Waals surface area contributed by atoms with Gasteiger partial charge in [-0.2, -0.15) is 0 Å². The largest absolute Gasteiger partial charge is 0.485 e. The van der Waals surface area contributed by atoms with Crippen molar-refractivity contribution in [3.05, 3.63) is 82.8 Å². The molecule has 0 bridgehead atoms. The van der Waals surface area contributed by atoms with Gasteiger partial charge in [-0.1, -0.05) is 30.3 Å². The Kier molecular flexibility index (Phi) is 7.07. The summed E-state index contributed by atoms with van der Waals surface area (Å²) in [4.78, 5) is 12.2. The zero-order valence-corrected chi connectivity index (χ0v) is 20.7. The van der Waals surface area contributed by atoms with Crippen LogP contribution in [0.25, 0.3) is 10.1 Å². The molecule has 2 aromatic carbocycles. The summed E-state index contributed by atoms with van der Waals surface area (Å²) in [5.41, 5.74) is 4.18. The predicted molar refractivity (Wildman–Crippen MR) is 139 cm³/mol. The van der Waals surface area contributed by atoms with Crippen molar-refractivity contribution < 1.29 is 9.47 Å². The highest BCUT2D eigenvalue weighted by atomic mass is 32.1. The number of methoxy groups -OCH3 is 1. The SMILES string of the molecule is COCc1nc(CC2CCN(c3ccc4sccc4c3)CC2)nc(C)c1OCc1ccccc1. The number of hydrogen-bond donors (Lipinski definition) is 0. The molecule has 2 aromatic heterocycles. The first-order chi connectivity index (χ1) is 16.7. The van der Waals surface area contributed by atoms with Crippen LogP contribution in [0.3, 0.4) is 0 Å². The van der Waals surface area contributed by atoms with Gasteiger partial charge in [0.2, 0.25) is 0 Å². The Hall–Kier alpha value is -2.96. The number of ether oxygens (including phenoxy) is 2. The van der Waals surface area contributed by atoms with Crippen molar-refractivity contribution in [3.63, 3.8) is 0 Å². The van der Waals surface area contributed by atoms with Crippen molar-refractivity contribution in [3.8, 4) is 5.75 Å². The number of anilines is 1. The third kappa shape index (κ3) is 5.24. The van der Waals surface area contributed by atoms with Gasteiger partial charge in [0.15, 0.2) is 5.75 Å². The summed E-state index contributed by atoms with van der Waals surface area (Å²) >= 11 is 1.80. The van der Waals surface area contributed by atoms with E-state index in [9.17, 15) is 0 Å². The summed E-state index contributed by atoms with van der Waals surface area (Å²) in [6.45, 7) is 5.07. The van der Waals surface area contributed by atoms with Crippen LogP contribution in [0.15, 0.2) is 60.0 Å². The fourth-order valence-electron chi connectivity index (χ4n) is 4.73. The second-order valence-electron chi connectivity index (χ2n) is 8.99. The van der Waals surface area contributed by atoms with E-state index in [1.165, 1.54) is 15.8 Å². The summed E-state index contributed by atoms with van der Waals surface area (Å²) in [6.07, 6.45) is 3.19. The quantitative estimate of drug-likeness (QED) is 0.306. The van der Waals surface area contributed by atoms with Crippen molar-refractivity contribution in [2.24, 2.45) is 5.92 Å². The minimum Gasteiger partial charge on any atom is -0.485 e. The standard InChI is InChI=1S/C28H31N3O2S/c1-20-28(33-18-22-6-4-3-5-7-22)25(19-32-2)30-27(29-20)16-21-10-13-31(14-11-21)24-8-9-26-23(17-24)12-15-34-26/h3-9,12,15,17,21H,10-11,13-14,16,18-19H2,1-2H3. The van der Waals surface area contributed by atoms with Crippen LogP contribution < -0.4 is 9.64 Å². The molecule has 1 saturated heterocycles. The van der Waals surface area contributed by atoms with Crippen LogP contribution in [-0.4, -0.2) is 30.2 Å². The Morgan fingerprint density at radius 2 is 1.82 bits per heavy atom. The topological polar surface area (TPSA) is 47.5 Å². The summed E-state index contributed by atoms with van der Waals surface area (Å²) in [7, 11) is 1.70. The van der Waals surface area contributed by atoms with Gasteiger partial charge in [0.25, 0.3) is 0 Å². The molecule has 34 heavy (non-hydrogen) atoms. The molecule has 3 heterocycles. The second-order valence-corrected chi connectivity index (χ2v) is 9.93. The van der Waals surface area contributed by atoms with E-state index in [2.05, 4.69) is 46.7 Å². The van der Waals surface area contributed by atoms with Gasteiger partial charge in [-0.3, -0.25) is 0 Å². The highest BCUT2D eigenvalue weighted by molar-refractivity contribution is 7.17. The third-order valence-electron chi connectivity index (χ3n) is 6.55. The number of hydrogen-bond acceptors (Lipinski definition) is 6. The molecule has 5 nitrogen and oxygen atoms in total. The number of benzene rings is 2. The predicted octanol–water partition coefficient (Wildman–Crippen LogP) is 6.18. The molecule has 0 N–H and O–H groups in total. The van der Waals surface area contributed by atoms with Crippen LogP contribution in [-0.2, 0) is 24.4 Å². The lowest BCUT2D eigenvalue weighted by molar-refractivity contribution is 0.174. The zero-order chi connectivity index (χ0) is 23.3. The first-order valence-corrected chi connectivity index (χ1v) is 12.8. The highest BCUT2D eigenvalue weighted by Crippen LogP contribution is 2.30. The number of piperidine rings is 1. The number of nitrogens with zero attached hydrogens (tertiary/aromatic N) is 3. The average molecular weight is 474 g/mol. The Bertz CT molecular complexity index is 1230. The zero-order valence-electron chi connectivity index (χ0n) is 19.9. The molecular weight excluding hydrogens is 442 g/mol. The molecule has 0 radical (unpaired) electrons. The number of thiophene rings is 1. The molecule has 0 spiro atoms. The lowest BCUT2D eigenvalue weighted by atomic mass is 9.92. The van der Waals surface area contributed by atoms with Gasteiger partial charge in [0.1, 0.15) is 18.1 Å². The van der Waals surface area contributed by atoms with Crippen molar-refractivity contribution in [2.75, 3.05) is 25.1 Å². The number of fused-ring (bicyclic) bond motifs is 1. The van der Waals surface area contributed by atoms with Gasteiger partial charge in [-0.25, -0.2) is 9.97 Å². The van der Waals surface area contributed by atoms with Crippen LogP contribution >= 0.6 is 11.3 Å². The fraction of sp³-hybridized carbons (Fsp3) is 0.357. The molecule has 4 aromatic rings. The van der Waals surface area contributed by atoms with Gasteiger partial charge >= 0.3 is 0 Å². The minimum absolute atomic E-state index is 0.421. The average Bonchev–Trinajstić information content (AvgIpc) is 3.33. The normalized spacial score (nSPS) is 14.6. The van der Waals surface area contributed by atoms with Crippen LogP contribution in [0.4, 0.5) is 5.69 Å². The third-order valence-corrected chi connectivity index (χ3v) is 7.44. The molecular formula is C28H31N3O2S. The van der Waals surface area contributed by atoms with E-state index in [0.717, 1.165) is 60.9 Å². The summed E-state index contributed by atoms with van der Waals surface area (Å²) < 4.78 is 12.9. The summed E-state index contributed by atoms with van der Waals surface area (Å²) in [5, 5.41) is 3.51. The number of aryl methyl sites for hydroxylation is 1. The van der Waals surface area contributed by atoms with Crippen LogP contribution in [0, 0.1) is 12.8 Å². The molecule has 1 fully saturated rings. The van der Waals surface area contributed by atoms with Gasteiger partial charge in [-0.15, -0.1) is 11.3 Å². The molecule has 1 aliphatic rings. The van der Waals surface area contributed by atoms with Crippen LogP contribution in [0.1, 0.15) is 35.6 Å². The molecule has 0 unspecified atom stereocenters. The van der Waals surface area contributed by atoms with Gasteiger partial charge in [0.05, 0.1) is 12.3 Å². The van der Waals surface area contributed by atoms with Crippen molar-refractivity contribution in [1.82, 2.24) is 9.97 Å².